The van der Waals surface area contributed by atoms with E-state index in [1.54, 1.807) is 12.1 Å². The number of pyridine rings is 1. The van der Waals surface area contributed by atoms with Crippen LogP contribution in [-0.4, -0.2) is 24.1 Å². The van der Waals surface area contributed by atoms with E-state index in [1.165, 1.54) is 13.3 Å². The Hall–Kier alpha value is -1.62. The standard InChI is InChI=1S/C9H12N2O3/c1-14-9(13)7(10)5-6-3-2-4-11-8(6)12/h2-4,7H,5,10H2,1H3,(H,11,12)/t7-/m1/s1. The molecule has 0 fully saturated rings. The molecular formula is C9H12N2O3. The largest absolute Gasteiger partial charge is 0.468 e. The van der Waals surface area contributed by atoms with Gasteiger partial charge in [-0.2, -0.15) is 0 Å². The zero-order valence-corrected chi connectivity index (χ0v) is 7.82. The molecule has 1 aromatic rings. The highest BCUT2D eigenvalue weighted by atomic mass is 16.5. The first-order chi connectivity index (χ1) is 6.65. The van der Waals surface area contributed by atoms with Crippen LogP contribution in [0.3, 0.4) is 0 Å². The first-order valence-electron chi connectivity index (χ1n) is 4.15. The van der Waals surface area contributed by atoms with Crippen molar-refractivity contribution >= 4 is 5.97 Å². The van der Waals surface area contributed by atoms with Gasteiger partial charge in [-0.05, 0) is 6.07 Å². The van der Waals surface area contributed by atoms with Gasteiger partial charge in [-0.3, -0.25) is 9.59 Å². The lowest BCUT2D eigenvalue weighted by Crippen LogP contribution is -2.35. The lowest BCUT2D eigenvalue weighted by molar-refractivity contribution is -0.142. The molecule has 1 aromatic heterocycles. The van der Waals surface area contributed by atoms with Gasteiger partial charge in [-0.15, -0.1) is 0 Å². The molecule has 0 unspecified atom stereocenters. The summed E-state index contributed by atoms with van der Waals surface area (Å²) in [6, 6.07) is 2.52. The van der Waals surface area contributed by atoms with Crippen molar-refractivity contribution in [3.8, 4) is 0 Å². The van der Waals surface area contributed by atoms with Crippen LogP contribution in [0.25, 0.3) is 0 Å². The summed E-state index contributed by atoms with van der Waals surface area (Å²) in [7, 11) is 1.26. The fraction of sp³-hybridized carbons (Fsp3) is 0.333. The quantitative estimate of drug-likeness (QED) is 0.633. The van der Waals surface area contributed by atoms with Crippen LogP contribution in [0.2, 0.25) is 0 Å². The number of esters is 1. The van der Waals surface area contributed by atoms with Gasteiger partial charge in [0.1, 0.15) is 6.04 Å². The number of aromatic amines is 1. The van der Waals surface area contributed by atoms with Crippen molar-refractivity contribution in [3.05, 3.63) is 34.2 Å². The number of carbonyl (C=O) groups excluding carboxylic acids is 1. The van der Waals surface area contributed by atoms with Crippen molar-refractivity contribution in [2.24, 2.45) is 5.73 Å². The van der Waals surface area contributed by atoms with Gasteiger partial charge in [-0.1, -0.05) is 6.07 Å². The third-order valence-electron chi connectivity index (χ3n) is 1.84. The molecule has 3 N–H and O–H groups in total. The second-order valence-electron chi connectivity index (χ2n) is 2.86. The van der Waals surface area contributed by atoms with Crippen LogP contribution >= 0.6 is 0 Å². The predicted molar refractivity (Wildman–Crippen MR) is 50.8 cm³/mol. The Kier molecular flexibility index (Phi) is 3.41. The number of aromatic nitrogens is 1. The molecule has 1 rings (SSSR count). The molecular weight excluding hydrogens is 184 g/mol. The second-order valence-corrected chi connectivity index (χ2v) is 2.86. The Balaban J connectivity index is 2.74. The van der Waals surface area contributed by atoms with E-state index >= 15 is 0 Å². The van der Waals surface area contributed by atoms with Crippen LogP contribution < -0.4 is 11.3 Å². The maximum Gasteiger partial charge on any atom is 0.322 e. The second kappa shape index (κ2) is 4.57. The van der Waals surface area contributed by atoms with E-state index in [0.29, 0.717) is 5.56 Å². The van der Waals surface area contributed by atoms with E-state index in [9.17, 15) is 9.59 Å². The molecule has 14 heavy (non-hydrogen) atoms. The first kappa shape index (κ1) is 10.5. The molecule has 5 heteroatoms. The Labute approximate surface area is 80.9 Å². The summed E-state index contributed by atoms with van der Waals surface area (Å²) >= 11 is 0. The number of hydrogen-bond donors (Lipinski definition) is 2. The van der Waals surface area contributed by atoms with E-state index < -0.39 is 12.0 Å². The van der Waals surface area contributed by atoms with Gasteiger partial charge in [0.2, 0.25) is 0 Å². The highest BCUT2D eigenvalue weighted by molar-refractivity contribution is 5.75. The van der Waals surface area contributed by atoms with Crippen molar-refractivity contribution in [2.75, 3.05) is 7.11 Å². The van der Waals surface area contributed by atoms with Gasteiger partial charge >= 0.3 is 5.97 Å². The molecule has 1 atom stereocenters. The number of H-pyrrole nitrogens is 1. The molecule has 0 aliphatic rings. The van der Waals surface area contributed by atoms with E-state index in [4.69, 9.17) is 5.73 Å². The topological polar surface area (TPSA) is 85.2 Å². The Morgan fingerprint density at radius 3 is 3.00 bits per heavy atom. The molecule has 5 nitrogen and oxygen atoms in total. The van der Waals surface area contributed by atoms with Gasteiger partial charge in [0.25, 0.3) is 5.56 Å². The third kappa shape index (κ3) is 2.43. The molecule has 0 aromatic carbocycles. The van der Waals surface area contributed by atoms with E-state index in [-0.39, 0.29) is 12.0 Å². The summed E-state index contributed by atoms with van der Waals surface area (Å²) in [5.74, 6) is -0.520. The molecule has 0 bridgehead atoms. The van der Waals surface area contributed by atoms with Crippen LogP contribution in [0.5, 0.6) is 0 Å². The Morgan fingerprint density at radius 2 is 2.43 bits per heavy atom. The summed E-state index contributed by atoms with van der Waals surface area (Å²) in [5, 5.41) is 0. The smallest absolute Gasteiger partial charge is 0.322 e. The van der Waals surface area contributed by atoms with Crippen LogP contribution in [0.1, 0.15) is 5.56 Å². The number of rotatable bonds is 3. The van der Waals surface area contributed by atoms with E-state index in [0.717, 1.165) is 0 Å². The molecule has 76 valence electrons. The molecule has 0 aliphatic carbocycles. The van der Waals surface area contributed by atoms with Crippen molar-refractivity contribution in [3.63, 3.8) is 0 Å². The minimum Gasteiger partial charge on any atom is -0.468 e. The van der Waals surface area contributed by atoms with Gasteiger partial charge in [-0.25, -0.2) is 0 Å². The van der Waals surface area contributed by atoms with Crippen molar-refractivity contribution in [1.29, 1.82) is 0 Å². The number of nitrogens with one attached hydrogen (secondary N) is 1. The van der Waals surface area contributed by atoms with E-state index in [2.05, 4.69) is 9.72 Å². The summed E-state index contributed by atoms with van der Waals surface area (Å²) in [6.45, 7) is 0. The number of nitrogens with two attached hydrogens (primary N) is 1. The van der Waals surface area contributed by atoms with Crippen molar-refractivity contribution in [1.82, 2.24) is 4.98 Å². The lowest BCUT2D eigenvalue weighted by Gasteiger charge is -2.07. The van der Waals surface area contributed by atoms with E-state index in [1.807, 2.05) is 0 Å². The maximum atomic E-state index is 11.2. The summed E-state index contributed by atoms with van der Waals surface area (Å²) < 4.78 is 4.45. The van der Waals surface area contributed by atoms with Gasteiger partial charge in [0.05, 0.1) is 7.11 Å². The highest BCUT2D eigenvalue weighted by Gasteiger charge is 2.15. The van der Waals surface area contributed by atoms with Crippen LogP contribution in [-0.2, 0) is 16.0 Å². The van der Waals surface area contributed by atoms with Crippen LogP contribution in [0, 0.1) is 0 Å². The molecule has 0 spiro atoms. The molecule has 0 aliphatic heterocycles. The molecule has 0 amide bonds. The Bertz CT molecular complexity index is 372. The zero-order valence-electron chi connectivity index (χ0n) is 7.82. The summed E-state index contributed by atoms with van der Waals surface area (Å²) in [4.78, 5) is 24.7. The fourth-order valence-corrected chi connectivity index (χ4v) is 1.09. The van der Waals surface area contributed by atoms with Crippen molar-refractivity contribution in [2.45, 2.75) is 12.5 Å². The normalized spacial score (nSPS) is 12.1. The van der Waals surface area contributed by atoms with Gasteiger partial charge in [0, 0.05) is 18.2 Å². The zero-order chi connectivity index (χ0) is 10.6. The summed E-state index contributed by atoms with van der Waals surface area (Å²) in [6.07, 6.45) is 1.71. The van der Waals surface area contributed by atoms with Gasteiger partial charge < -0.3 is 15.5 Å². The minimum absolute atomic E-state index is 0.183. The molecule has 0 saturated carbocycles. The average Bonchev–Trinajstić information content (AvgIpc) is 2.20. The number of methoxy groups -OCH3 is 1. The molecule has 1 heterocycles. The van der Waals surface area contributed by atoms with Gasteiger partial charge in [0.15, 0.2) is 0 Å². The monoisotopic (exact) mass is 196 g/mol. The fourth-order valence-electron chi connectivity index (χ4n) is 1.09. The lowest BCUT2D eigenvalue weighted by atomic mass is 10.1. The minimum atomic E-state index is -0.788. The Morgan fingerprint density at radius 1 is 1.71 bits per heavy atom. The number of ether oxygens (including phenoxy) is 1. The van der Waals surface area contributed by atoms with Crippen LogP contribution in [0.4, 0.5) is 0 Å². The predicted octanol–water partition coefficient (Wildman–Crippen LogP) is -0.582. The summed E-state index contributed by atoms with van der Waals surface area (Å²) in [5.41, 5.74) is 5.75. The first-order valence-corrected chi connectivity index (χ1v) is 4.15. The molecule has 0 saturated heterocycles. The third-order valence-corrected chi connectivity index (χ3v) is 1.84. The maximum absolute atomic E-state index is 11.2. The highest BCUT2D eigenvalue weighted by Crippen LogP contribution is 1.96. The molecule has 0 radical (unpaired) electrons. The number of hydrogen-bond acceptors (Lipinski definition) is 4. The van der Waals surface area contributed by atoms with Crippen LogP contribution in [0.15, 0.2) is 23.1 Å². The SMILES string of the molecule is COC(=O)[C@H](N)Cc1ccc[nH]c1=O. The number of carbonyl (C=O) groups is 1. The van der Waals surface area contributed by atoms with Crippen molar-refractivity contribution < 1.29 is 9.53 Å². The average molecular weight is 196 g/mol.